The third kappa shape index (κ3) is 2.33. The number of benzene rings is 1. The molecule has 5 nitrogen and oxygen atoms in total. The Bertz CT molecular complexity index is 814. The van der Waals surface area contributed by atoms with Crippen molar-refractivity contribution in [3.63, 3.8) is 0 Å². The molecule has 4 rings (SSSR count). The molecule has 0 amide bonds. The number of nitro benzene ring substituents is 1. The van der Waals surface area contributed by atoms with Crippen LogP contribution < -0.4 is 0 Å². The zero-order valence-corrected chi connectivity index (χ0v) is 12.9. The molecule has 4 atom stereocenters. The molecule has 1 heterocycles. The highest BCUT2D eigenvalue weighted by molar-refractivity contribution is 5.97. The highest BCUT2D eigenvalue weighted by Gasteiger charge is 2.48. The number of hydrogen-bond acceptors (Lipinski definition) is 4. The van der Waals surface area contributed by atoms with Gasteiger partial charge in [0.05, 0.1) is 4.92 Å². The molecular weight excluding hydrogens is 304 g/mol. The van der Waals surface area contributed by atoms with E-state index in [0.29, 0.717) is 11.6 Å². The molecule has 0 spiro atoms. The molecule has 1 aromatic heterocycles. The second-order valence-electron chi connectivity index (χ2n) is 6.43. The highest BCUT2D eigenvalue weighted by atomic mass is 16.6. The number of ketones is 1. The fourth-order valence-electron chi connectivity index (χ4n) is 4.13. The molecule has 120 valence electrons. The van der Waals surface area contributed by atoms with Crippen molar-refractivity contribution in [2.75, 3.05) is 0 Å². The number of pyridine rings is 1. The van der Waals surface area contributed by atoms with E-state index in [9.17, 15) is 14.9 Å². The van der Waals surface area contributed by atoms with Crippen LogP contribution in [0.3, 0.4) is 0 Å². The third-order valence-electron chi connectivity index (χ3n) is 5.17. The average molecular weight is 320 g/mol. The Kier molecular flexibility index (Phi) is 3.49. The van der Waals surface area contributed by atoms with E-state index in [2.05, 4.69) is 17.1 Å². The second kappa shape index (κ2) is 5.67. The van der Waals surface area contributed by atoms with E-state index in [4.69, 9.17) is 0 Å². The minimum absolute atomic E-state index is 0.0651. The summed E-state index contributed by atoms with van der Waals surface area (Å²) < 4.78 is 0. The maximum absolute atomic E-state index is 13.0. The molecule has 0 aliphatic heterocycles. The summed E-state index contributed by atoms with van der Waals surface area (Å²) >= 11 is 0. The average Bonchev–Trinajstić information content (AvgIpc) is 3.23. The summed E-state index contributed by atoms with van der Waals surface area (Å²) in [7, 11) is 0. The van der Waals surface area contributed by atoms with Gasteiger partial charge in [-0.3, -0.25) is 19.9 Å². The van der Waals surface area contributed by atoms with Crippen LogP contribution >= 0.6 is 0 Å². The lowest BCUT2D eigenvalue weighted by molar-refractivity contribution is -0.384. The largest absolute Gasteiger partial charge is 0.292 e. The Morgan fingerprint density at radius 1 is 1.08 bits per heavy atom. The Labute approximate surface area is 139 Å². The summed E-state index contributed by atoms with van der Waals surface area (Å²) in [5.41, 5.74) is 1.56. The first-order chi connectivity index (χ1) is 11.6. The lowest BCUT2D eigenvalue weighted by atomic mass is 9.75. The minimum atomic E-state index is -0.402. The van der Waals surface area contributed by atoms with Gasteiger partial charge in [-0.2, -0.15) is 0 Å². The van der Waals surface area contributed by atoms with Crippen molar-refractivity contribution in [2.24, 2.45) is 17.8 Å². The van der Waals surface area contributed by atoms with E-state index in [1.165, 1.54) is 12.1 Å². The van der Waals surface area contributed by atoms with Crippen molar-refractivity contribution in [3.8, 4) is 0 Å². The number of Topliss-reactive ketones (excluding diaryl/α,β-unsaturated/α-hetero) is 1. The van der Waals surface area contributed by atoms with Gasteiger partial charge in [-0.05, 0) is 36.0 Å². The second-order valence-corrected chi connectivity index (χ2v) is 6.43. The Morgan fingerprint density at radius 3 is 2.50 bits per heavy atom. The number of hydrogen-bond donors (Lipinski definition) is 0. The highest BCUT2D eigenvalue weighted by Crippen LogP contribution is 2.53. The molecule has 0 saturated heterocycles. The fourth-order valence-corrected chi connectivity index (χ4v) is 4.13. The van der Waals surface area contributed by atoms with Gasteiger partial charge in [-0.15, -0.1) is 0 Å². The van der Waals surface area contributed by atoms with Crippen LogP contribution in [-0.4, -0.2) is 15.7 Å². The molecule has 0 N–H and O–H groups in total. The van der Waals surface area contributed by atoms with Crippen molar-refractivity contribution < 1.29 is 9.72 Å². The Hall–Kier alpha value is -2.82. The van der Waals surface area contributed by atoms with Gasteiger partial charge in [0.15, 0.2) is 5.78 Å². The smallest absolute Gasteiger partial charge is 0.269 e. The van der Waals surface area contributed by atoms with Crippen LogP contribution in [-0.2, 0) is 0 Å². The van der Waals surface area contributed by atoms with E-state index >= 15 is 0 Å². The predicted octanol–water partition coefficient (Wildman–Crippen LogP) is 3.78. The topological polar surface area (TPSA) is 73.1 Å². The number of carbonyl (C=O) groups excluding carboxylic acids is 1. The van der Waals surface area contributed by atoms with E-state index in [0.717, 1.165) is 12.0 Å². The summed E-state index contributed by atoms with van der Waals surface area (Å²) in [5.74, 6) is 0.529. The Morgan fingerprint density at radius 2 is 1.83 bits per heavy atom. The summed E-state index contributed by atoms with van der Waals surface area (Å²) in [6, 6.07) is 12.0. The lowest BCUT2D eigenvalue weighted by Gasteiger charge is -2.27. The van der Waals surface area contributed by atoms with Crippen LogP contribution in [0.1, 0.15) is 28.4 Å². The standard InChI is InChI=1S/C19H16N2O3/c22-19(16-3-1-2-10-20-16)18-14-5-4-13(11-14)17(18)12-6-8-15(9-7-12)21(23)24/h1-10,13-14,17-18H,11H2/t13-,14+,17+,18+/m1/s1. The molecule has 1 fully saturated rings. The zero-order valence-electron chi connectivity index (χ0n) is 12.9. The summed E-state index contributed by atoms with van der Waals surface area (Å²) in [5, 5.41) is 10.9. The monoisotopic (exact) mass is 320 g/mol. The van der Waals surface area contributed by atoms with Crippen LogP contribution in [0.5, 0.6) is 0 Å². The van der Waals surface area contributed by atoms with Crippen molar-refractivity contribution in [3.05, 3.63) is 82.2 Å². The van der Waals surface area contributed by atoms with E-state index in [1.807, 2.05) is 6.07 Å². The molecule has 1 saturated carbocycles. The summed E-state index contributed by atoms with van der Waals surface area (Å²) in [4.78, 5) is 27.6. The molecule has 2 aliphatic carbocycles. The quantitative estimate of drug-likeness (QED) is 0.372. The number of rotatable bonds is 4. The lowest BCUT2D eigenvalue weighted by Crippen LogP contribution is -2.27. The number of nitro groups is 1. The molecule has 2 bridgehead atoms. The van der Waals surface area contributed by atoms with Crippen LogP contribution in [0.4, 0.5) is 5.69 Å². The minimum Gasteiger partial charge on any atom is -0.292 e. The van der Waals surface area contributed by atoms with Gasteiger partial charge in [0.25, 0.3) is 5.69 Å². The van der Waals surface area contributed by atoms with E-state index < -0.39 is 4.92 Å². The van der Waals surface area contributed by atoms with Crippen LogP contribution in [0.15, 0.2) is 60.8 Å². The van der Waals surface area contributed by atoms with Crippen molar-refractivity contribution in [1.82, 2.24) is 4.98 Å². The van der Waals surface area contributed by atoms with Gasteiger partial charge >= 0.3 is 0 Å². The van der Waals surface area contributed by atoms with Gasteiger partial charge in [0.2, 0.25) is 0 Å². The Balaban J connectivity index is 1.69. The maximum atomic E-state index is 13.0. The first-order valence-electron chi connectivity index (χ1n) is 8.03. The van der Waals surface area contributed by atoms with Gasteiger partial charge in [0, 0.05) is 30.2 Å². The number of non-ortho nitro benzene ring substituents is 1. The normalized spacial score (nSPS) is 27.3. The number of fused-ring (bicyclic) bond motifs is 2. The molecule has 0 unspecified atom stereocenters. The first kappa shape index (κ1) is 14.8. The number of carbonyl (C=O) groups is 1. The molecular formula is C19H16N2O3. The maximum Gasteiger partial charge on any atom is 0.269 e. The predicted molar refractivity (Wildman–Crippen MR) is 88.6 cm³/mol. The van der Waals surface area contributed by atoms with Crippen LogP contribution in [0.2, 0.25) is 0 Å². The fraction of sp³-hybridized carbons (Fsp3) is 0.263. The van der Waals surface area contributed by atoms with E-state index in [1.54, 1.807) is 30.5 Å². The SMILES string of the molecule is O=C(c1ccccn1)[C@@H]1[C@@H](c2ccc([N+](=O)[O-])cc2)[C@@H]2C=C[C@H]1C2. The summed E-state index contributed by atoms with van der Waals surface area (Å²) in [6.07, 6.45) is 6.92. The van der Waals surface area contributed by atoms with Crippen molar-refractivity contribution in [1.29, 1.82) is 0 Å². The van der Waals surface area contributed by atoms with Crippen LogP contribution in [0, 0.1) is 27.9 Å². The van der Waals surface area contributed by atoms with Crippen molar-refractivity contribution >= 4 is 11.5 Å². The van der Waals surface area contributed by atoms with Crippen molar-refractivity contribution in [2.45, 2.75) is 12.3 Å². The number of aromatic nitrogens is 1. The zero-order chi connectivity index (χ0) is 16.7. The van der Waals surface area contributed by atoms with E-state index in [-0.39, 0.29) is 29.2 Å². The third-order valence-corrected chi connectivity index (χ3v) is 5.17. The molecule has 5 heteroatoms. The van der Waals surface area contributed by atoms with Gasteiger partial charge < -0.3 is 0 Å². The molecule has 24 heavy (non-hydrogen) atoms. The molecule has 0 radical (unpaired) electrons. The molecule has 2 aliphatic rings. The van der Waals surface area contributed by atoms with Gasteiger partial charge in [0.1, 0.15) is 5.69 Å². The molecule has 2 aromatic rings. The summed E-state index contributed by atoms with van der Waals surface area (Å²) in [6.45, 7) is 0. The van der Waals surface area contributed by atoms with Crippen LogP contribution in [0.25, 0.3) is 0 Å². The first-order valence-corrected chi connectivity index (χ1v) is 8.03. The van der Waals surface area contributed by atoms with Gasteiger partial charge in [-0.1, -0.05) is 30.4 Å². The molecule has 1 aromatic carbocycles. The number of nitrogens with zero attached hydrogens (tertiary/aromatic N) is 2. The van der Waals surface area contributed by atoms with Gasteiger partial charge in [-0.25, -0.2) is 0 Å². The number of allylic oxidation sites excluding steroid dienone is 2.